The van der Waals surface area contributed by atoms with Crippen LogP contribution in [-0.4, -0.2) is 27.6 Å². The summed E-state index contributed by atoms with van der Waals surface area (Å²) in [6, 6.07) is 16.6. The van der Waals surface area contributed by atoms with Crippen molar-refractivity contribution < 1.29 is 9.90 Å². The molecule has 3 aromatic rings. The summed E-state index contributed by atoms with van der Waals surface area (Å²) in [5, 5.41) is 9.61. The van der Waals surface area contributed by atoms with Gasteiger partial charge >= 0.3 is 5.97 Å². The maximum atomic E-state index is 11.7. The van der Waals surface area contributed by atoms with Gasteiger partial charge in [0.15, 0.2) is 0 Å². The van der Waals surface area contributed by atoms with Crippen molar-refractivity contribution in [3.05, 3.63) is 86.1 Å². The molecule has 2 aromatic carbocycles. The fraction of sp³-hybridized carbons (Fsp3) is 0.261. The smallest absolute Gasteiger partial charge is 0.339 e. The number of aromatic carboxylic acids is 1. The summed E-state index contributed by atoms with van der Waals surface area (Å²) in [7, 11) is 0. The third-order valence-electron chi connectivity index (χ3n) is 5.39. The number of benzene rings is 2. The molecule has 4 rings (SSSR count). The standard InChI is InChI=1S/C23H21Br2N3O2/c24-17-9-7-16(8-10-17)21-5-2-12-28(21)23-26-14-19(22(29)30)20(27-23)11-6-15-3-1-4-18(25)13-15/h1,3-4,7-10,13-14,21H,2,5-6,11-12H2,(H,29,30). The number of halogens is 2. The molecule has 1 fully saturated rings. The van der Waals surface area contributed by atoms with Gasteiger partial charge in [0.2, 0.25) is 5.95 Å². The van der Waals surface area contributed by atoms with Gasteiger partial charge in [-0.1, -0.05) is 56.1 Å². The summed E-state index contributed by atoms with van der Waals surface area (Å²) in [5.41, 5.74) is 3.11. The fourth-order valence-electron chi connectivity index (χ4n) is 3.91. The van der Waals surface area contributed by atoms with Gasteiger partial charge in [0.1, 0.15) is 0 Å². The highest BCUT2D eigenvalue weighted by molar-refractivity contribution is 9.10. The second-order valence-electron chi connectivity index (χ2n) is 7.37. The van der Waals surface area contributed by atoms with Gasteiger partial charge in [-0.25, -0.2) is 14.8 Å². The highest BCUT2D eigenvalue weighted by Gasteiger charge is 2.29. The first-order valence-electron chi connectivity index (χ1n) is 9.87. The number of anilines is 1. The molecule has 1 atom stereocenters. The number of hydrogen-bond donors (Lipinski definition) is 1. The number of carboxylic acid groups (broad SMARTS) is 1. The third-order valence-corrected chi connectivity index (χ3v) is 6.41. The van der Waals surface area contributed by atoms with E-state index in [0.717, 1.165) is 33.9 Å². The Morgan fingerprint density at radius 2 is 1.90 bits per heavy atom. The van der Waals surface area contributed by atoms with Crippen molar-refractivity contribution in [2.75, 3.05) is 11.4 Å². The largest absolute Gasteiger partial charge is 0.478 e. The summed E-state index contributed by atoms with van der Waals surface area (Å²) in [6.07, 6.45) is 4.80. The SMILES string of the molecule is O=C(O)c1cnc(N2CCCC2c2ccc(Br)cc2)nc1CCc1cccc(Br)c1. The Hall–Kier alpha value is -2.25. The van der Waals surface area contributed by atoms with E-state index in [0.29, 0.717) is 24.5 Å². The number of carbonyl (C=O) groups is 1. The quantitative estimate of drug-likeness (QED) is 0.434. The molecule has 1 unspecified atom stereocenters. The Morgan fingerprint density at radius 3 is 2.63 bits per heavy atom. The lowest BCUT2D eigenvalue weighted by Crippen LogP contribution is -2.25. The Kier molecular flexibility index (Phi) is 6.49. The second-order valence-corrected chi connectivity index (χ2v) is 9.20. The summed E-state index contributed by atoms with van der Waals surface area (Å²) in [5.74, 6) is -0.383. The monoisotopic (exact) mass is 529 g/mol. The van der Waals surface area contributed by atoms with Crippen LogP contribution >= 0.6 is 31.9 Å². The molecule has 154 valence electrons. The average molecular weight is 531 g/mol. The Morgan fingerprint density at radius 1 is 1.10 bits per heavy atom. The molecule has 2 heterocycles. The number of carboxylic acids is 1. The van der Waals surface area contributed by atoms with Crippen LogP contribution in [-0.2, 0) is 12.8 Å². The van der Waals surface area contributed by atoms with Gasteiger partial charge in [0.05, 0.1) is 17.3 Å². The summed E-state index contributed by atoms with van der Waals surface area (Å²) < 4.78 is 2.06. The molecule has 1 aliphatic rings. The molecule has 7 heteroatoms. The van der Waals surface area contributed by atoms with Gasteiger partial charge in [-0.3, -0.25) is 0 Å². The molecule has 0 spiro atoms. The molecule has 30 heavy (non-hydrogen) atoms. The predicted molar refractivity (Wildman–Crippen MR) is 124 cm³/mol. The first-order valence-corrected chi connectivity index (χ1v) is 11.5. The lowest BCUT2D eigenvalue weighted by Gasteiger charge is -2.25. The van der Waals surface area contributed by atoms with Gasteiger partial charge in [0.25, 0.3) is 0 Å². The Bertz CT molecular complexity index is 1060. The van der Waals surface area contributed by atoms with Crippen LogP contribution in [0.2, 0.25) is 0 Å². The molecular weight excluding hydrogens is 510 g/mol. The van der Waals surface area contributed by atoms with E-state index < -0.39 is 5.97 Å². The van der Waals surface area contributed by atoms with Crippen LogP contribution in [0.1, 0.15) is 46.1 Å². The molecule has 0 saturated carbocycles. The van der Waals surface area contributed by atoms with E-state index in [1.54, 1.807) is 0 Å². The van der Waals surface area contributed by atoms with Crippen molar-refractivity contribution in [2.24, 2.45) is 0 Å². The molecule has 1 aromatic heterocycles. The Labute approximate surface area is 192 Å². The minimum atomic E-state index is -0.989. The molecule has 5 nitrogen and oxygen atoms in total. The van der Waals surface area contributed by atoms with Crippen molar-refractivity contribution >= 4 is 43.8 Å². The summed E-state index contributed by atoms with van der Waals surface area (Å²) in [4.78, 5) is 23.1. The highest BCUT2D eigenvalue weighted by atomic mass is 79.9. The molecular formula is C23H21Br2N3O2. The van der Waals surface area contributed by atoms with Gasteiger partial charge < -0.3 is 10.0 Å². The molecule has 0 radical (unpaired) electrons. The number of aromatic nitrogens is 2. The van der Waals surface area contributed by atoms with Crippen molar-refractivity contribution in [1.82, 2.24) is 9.97 Å². The lowest BCUT2D eigenvalue weighted by molar-refractivity contribution is 0.0694. The number of aryl methyl sites for hydroxylation is 2. The zero-order valence-electron chi connectivity index (χ0n) is 16.3. The topological polar surface area (TPSA) is 66.3 Å². The van der Waals surface area contributed by atoms with Crippen LogP contribution in [0.4, 0.5) is 5.95 Å². The molecule has 1 aliphatic heterocycles. The number of nitrogens with zero attached hydrogens (tertiary/aromatic N) is 3. The van der Waals surface area contributed by atoms with Gasteiger partial charge in [0, 0.05) is 21.7 Å². The molecule has 0 amide bonds. The zero-order chi connectivity index (χ0) is 21.1. The molecule has 1 saturated heterocycles. The normalized spacial score (nSPS) is 16.1. The van der Waals surface area contributed by atoms with E-state index in [4.69, 9.17) is 4.98 Å². The fourth-order valence-corrected chi connectivity index (χ4v) is 4.62. The summed E-state index contributed by atoms with van der Waals surface area (Å²) >= 11 is 6.98. The van der Waals surface area contributed by atoms with Crippen LogP contribution in [0.25, 0.3) is 0 Å². The minimum Gasteiger partial charge on any atom is -0.478 e. The third kappa shape index (κ3) is 4.73. The lowest BCUT2D eigenvalue weighted by atomic mass is 10.0. The minimum absolute atomic E-state index is 0.174. The van der Waals surface area contributed by atoms with Crippen molar-refractivity contribution in [3.63, 3.8) is 0 Å². The van der Waals surface area contributed by atoms with Gasteiger partial charge in [-0.2, -0.15) is 0 Å². The van der Waals surface area contributed by atoms with Gasteiger partial charge in [-0.15, -0.1) is 0 Å². The zero-order valence-corrected chi connectivity index (χ0v) is 19.4. The van der Waals surface area contributed by atoms with E-state index in [1.807, 2.05) is 36.4 Å². The van der Waals surface area contributed by atoms with E-state index >= 15 is 0 Å². The molecule has 0 aliphatic carbocycles. The van der Waals surface area contributed by atoms with E-state index in [9.17, 15) is 9.90 Å². The van der Waals surface area contributed by atoms with Gasteiger partial charge in [-0.05, 0) is 61.1 Å². The van der Waals surface area contributed by atoms with Crippen LogP contribution < -0.4 is 4.90 Å². The second kappa shape index (κ2) is 9.27. The number of hydrogen-bond acceptors (Lipinski definition) is 4. The Balaban J connectivity index is 1.61. The van der Waals surface area contributed by atoms with Crippen molar-refractivity contribution in [2.45, 2.75) is 31.7 Å². The van der Waals surface area contributed by atoms with E-state index in [-0.39, 0.29) is 11.6 Å². The van der Waals surface area contributed by atoms with E-state index in [1.165, 1.54) is 11.8 Å². The van der Waals surface area contributed by atoms with Crippen LogP contribution in [0.15, 0.2) is 63.7 Å². The van der Waals surface area contributed by atoms with Crippen molar-refractivity contribution in [3.8, 4) is 0 Å². The number of rotatable bonds is 6. The predicted octanol–water partition coefficient (Wildman–Crippen LogP) is 5.83. The first kappa shape index (κ1) is 21.0. The average Bonchev–Trinajstić information content (AvgIpc) is 3.22. The summed E-state index contributed by atoms with van der Waals surface area (Å²) in [6.45, 7) is 0.859. The maximum absolute atomic E-state index is 11.7. The first-order chi connectivity index (χ1) is 14.5. The highest BCUT2D eigenvalue weighted by Crippen LogP contribution is 2.35. The maximum Gasteiger partial charge on any atom is 0.339 e. The van der Waals surface area contributed by atoms with Crippen LogP contribution in [0, 0.1) is 0 Å². The van der Waals surface area contributed by atoms with Crippen molar-refractivity contribution in [1.29, 1.82) is 0 Å². The van der Waals surface area contributed by atoms with E-state index in [2.05, 4.69) is 53.9 Å². The van der Waals surface area contributed by atoms with Crippen LogP contribution in [0.3, 0.4) is 0 Å². The van der Waals surface area contributed by atoms with Crippen LogP contribution in [0.5, 0.6) is 0 Å². The molecule has 1 N–H and O–H groups in total. The molecule has 0 bridgehead atoms.